The topological polar surface area (TPSA) is 95.7 Å². The number of nitro benzene ring substituents is 1. The van der Waals surface area contributed by atoms with Crippen LogP contribution in [0.3, 0.4) is 0 Å². The molecule has 0 heterocycles. The second-order valence-electron chi connectivity index (χ2n) is 3.51. The van der Waals surface area contributed by atoms with E-state index in [0.29, 0.717) is 0 Å². The SMILES string of the molecule is COc1c(OC/C(Cl)=C/Cl)cc([N+](=O)[O-])cc1S(=O)(=O)Cl. The highest BCUT2D eigenvalue weighted by Crippen LogP contribution is 2.39. The first kappa shape index (κ1) is 17.8. The fourth-order valence-corrected chi connectivity index (χ4v) is 2.46. The minimum absolute atomic E-state index is 0.0977. The van der Waals surface area contributed by atoms with Gasteiger partial charge in [-0.2, -0.15) is 0 Å². The third kappa shape index (κ3) is 4.63. The van der Waals surface area contributed by atoms with Gasteiger partial charge in [0, 0.05) is 22.3 Å². The summed E-state index contributed by atoms with van der Waals surface area (Å²) in [5.41, 5.74) is 0.501. The smallest absolute Gasteiger partial charge is 0.274 e. The molecule has 21 heavy (non-hydrogen) atoms. The predicted molar refractivity (Wildman–Crippen MR) is 78.0 cm³/mol. The molecule has 1 aromatic carbocycles. The Kier molecular flexibility index (Phi) is 6.09. The lowest BCUT2D eigenvalue weighted by atomic mass is 10.3. The first-order chi connectivity index (χ1) is 9.70. The van der Waals surface area contributed by atoms with Crippen LogP contribution in [-0.4, -0.2) is 27.1 Å². The summed E-state index contributed by atoms with van der Waals surface area (Å²) in [5, 5.41) is 10.9. The summed E-state index contributed by atoms with van der Waals surface area (Å²) in [6, 6.07) is 1.76. The van der Waals surface area contributed by atoms with Gasteiger partial charge in [-0.05, 0) is 0 Å². The monoisotopic (exact) mass is 375 g/mol. The average molecular weight is 377 g/mol. The van der Waals surface area contributed by atoms with Crippen LogP contribution in [-0.2, 0) is 9.05 Å². The Morgan fingerprint density at radius 1 is 1.48 bits per heavy atom. The van der Waals surface area contributed by atoms with Gasteiger partial charge in [0.1, 0.15) is 11.5 Å². The molecule has 7 nitrogen and oxygen atoms in total. The van der Waals surface area contributed by atoms with E-state index in [2.05, 4.69) is 0 Å². The van der Waals surface area contributed by atoms with Gasteiger partial charge in [-0.3, -0.25) is 10.1 Å². The van der Waals surface area contributed by atoms with Crippen molar-refractivity contribution in [2.24, 2.45) is 0 Å². The molecule has 0 atom stereocenters. The van der Waals surface area contributed by atoms with Gasteiger partial charge in [-0.1, -0.05) is 23.2 Å². The number of ether oxygens (including phenoxy) is 2. The van der Waals surface area contributed by atoms with Crippen LogP contribution in [0.25, 0.3) is 0 Å². The van der Waals surface area contributed by atoms with Crippen LogP contribution in [0.5, 0.6) is 11.5 Å². The average Bonchev–Trinajstić information content (AvgIpc) is 2.42. The number of hydrogen-bond donors (Lipinski definition) is 0. The van der Waals surface area contributed by atoms with Crippen molar-refractivity contribution in [1.29, 1.82) is 0 Å². The normalized spacial score (nSPS) is 12.1. The predicted octanol–water partition coefficient (Wildman–Crippen LogP) is 3.23. The molecule has 0 aliphatic heterocycles. The molecule has 11 heteroatoms. The molecule has 0 aliphatic rings. The zero-order chi connectivity index (χ0) is 16.2. The van der Waals surface area contributed by atoms with Gasteiger partial charge in [0.05, 0.1) is 23.1 Å². The van der Waals surface area contributed by atoms with E-state index in [1.165, 1.54) is 7.11 Å². The van der Waals surface area contributed by atoms with Crippen LogP contribution in [0.1, 0.15) is 0 Å². The molecule has 1 aromatic rings. The highest BCUT2D eigenvalue weighted by atomic mass is 35.7. The number of nitro groups is 1. The molecule has 0 amide bonds. The van der Waals surface area contributed by atoms with E-state index >= 15 is 0 Å². The molecule has 0 N–H and O–H groups in total. The fourth-order valence-electron chi connectivity index (χ4n) is 1.34. The van der Waals surface area contributed by atoms with E-state index in [0.717, 1.165) is 17.7 Å². The maximum Gasteiger partial charge on any atom is 0.274 e. The van der Waals surface area contributed by atoms with E-state index in [-0.39, 0.29) is 23.1 Å². The van der Waals surface area contributed by atoms with Crippen molar-refractivity contribution in [2.45, 2.75) is 4.90 Å². The number of rotatable bonds is 6. The lowest BCUT2D eigenvalue weighted by Gasteiger charge is -2.12. The first-order valence-corrected chi connectivity index (χ1v) is 8.21. The van der Waals surface area contributed by atoms with Crippen molar-refractivity contribution >= 4 is 48.6 Å². The molecule has 0 bridgehead atoms. The summed E-state index contributed by atoms with van der Waals surface area (Å²) in [7, 11) is 2.12. The van der Waals surface area contributed by atoms with Crippen molar-refractivity contribution in [3.63, 3.8) is 0 Å². The number of hydrogen-bond acceptors (Lipinski definition) is 6. The highest BCUT2D eigenvalue weighted by Gasteiger charge is 2.26. The Hall–Kier alpha value is -1.22. The van der Waals surface area contributed by atoms with Crippen molar-refractivity contribution in [3.05, 3.63) is 32.8 Å². The molecular formula is C10H8Cl3NO6S. The second kappa shape index (κ2) is 7.17. The van der Waals surface area contributed by atoms with Gasteiger partial charge in [-0.15, -0.1) is 0 Å². The van der Waals surface area contributed by atoms with Crippen LogP contribution in [0.15, 0.2) is 27.6 Å². The van der Waals surface area contributed by atoms with Gasteiger partial charge >= 0.3 is 0 Å². The molecular weight excluding hydrogens is 369 g/mol. The van der Waals surface area contributed by atoms with Crippen LogP contribution >= 0.6 is 33.9 Å². The summed E-state index contributed by atoms with van der Waals surface area (Å²) in [5.74, 6) is -0.475. The number of halogens is 3. The molecule has 116 valence electrons. The molecule has 0 spiro atoms. The largest absolute Gasteiger partial charge is 0.492 e. The zero-order valence-corrected chi connectivity index (χ0v) is 13.5. The first-order valence-electron chi connectivity index (χ1n) is 5.09. The summed E-state index contributed by atoms with van der Waals surface area (Å²) in [6.45, 7) is -0.232. The molecule has 0 saturated carbocycles. The summed E-state index contributed by atoms with van der Waals surface area (Å²) in [6.07, 6.45) is 0. The Morgan fingerprint density at radius 3 is 2.52 bits per heavy atom. The van der Waals surface area contributed by atoms with Gasteiger partial charge in [0.25, 0.3) is 14.7 Å². The minimum atomic E-state index is -4.28. The quantitative estimate of drug-likeness (QED) is 0.429. The number of methoxy groups -OCH3 is 1. The van der Waals surface area contributed by atoms with Crippen molar-refractivity contribution in [1.82, 2.24) is 0 Å². The summed E-state index contributed by atoms with van der Waals surface area (Å²) >= 11 is 11.0. The van der Waals surface area contributed by atoms with Crippen LogP contribution in [0.4, 0.5) is 5.69 Å². The van der Waals surface area contributed by atoms with Crippen molar-refractivity contribution in [3.8, 4) is 11.5 Å². The highest BCUT2D eigenvalue weighted by molar-refractivity contribution is 8.13. The second-order valence-corrected chi connectivity index (χ2v) is 6.75. The van der Waals surface area contributed by atoms with Crippen LogP contribution < -0.4 is 9.47 Å². The standard InChI is InChI=1S/C10H8Cl3NO6S/c1-19-10-8(20-5-6(12)4-11)2-7(14(15)16)3-9(10)21(13,17)18/h2-4H,5H2,1H3/b6-4-. The lowest BCUT2D eigenvalue weighted by molar-refractivity contribution is -0.385. The maximum atomic E-state index is 11.5. The van der Waals surface area contributed by atoms with E-state index in [9.17, 15) is 18.5 Å². The van der Waals surface area contributed by atoms with Gasteiger partial charge in [-0.25, -0.2) is 8.42 Å². The van der Waals surface area contributed by atoms with Gasteiger partial charge in [0.15, 0.2) is 11.5 Å². The van der Waals surface area contributed by atoms with E-state index in [4.69, 9.17) is 43.4 Å². The third-order valence-electron chi connectivity index (χ3n) is 2.17. The molecule has 0 saturated heterocycles. The van der Waals surface area contributed by atoms with E-state index < -0.39 is 24.6 Å². The van der Waals surface area contributed by atoms with E-state index in [1.54, 1.807) is 0 Å². The Labute approximate surface area is 134 Å². The summed E-state index contributed by atoms with van der Waals surface area (Å²) < 4.78 is 33.0. The fraction of sp³-hybridized carbons (Fsp3) is 0.200. The van der Waals surface area contributed by atoms with Crippen LogP contribution in [0, 0.1) is 10.1 Å². The minimum Gasteiger partial charge on any atom is -0.492 e. The molecule has 1 rings (SSSR count). The van der Waals surface area contributed by atoms with Crippen molar-refractivity contribution < 1.29 is 22.8 Å². The number of benzene rings is 1. The lowest BCUT2D eigenvalue weighted by Crippen LogP contribution is -2.04. The Bertz CT molecular complexity index is 688. The molecule has 0 aliphatic carbocycles. The molecule has 0 fully saturated rings. The third-order valence-corrected chi connectivity index (χ3v) is 4.09. The van der Waals surface area contributed by atoms with Crippen molar-refractivity contribution in [2.75, 3.05) is 13.7 Å². The Morgan fingerprint density at radius 2 is 2.10 bits per heavy atom. The number of nitrogens with zero attached hydrogens (tertiary/aromatic N) is 1. The van der Waals surface area contributed by atoms with Gasteiger partial charge in [0.2, 0.25) is 0 Å². The maximum absolute atomic E-state index is 11.5. The van der Waals surface area contributed by atoms with E-state index in [1.807, 2.05) is 0 Å². The zero-order valence-electron chi connectivity index (χ0n) is 10.4. The summed E-state index contributed by atoms with van der Waals surface area (Å²) in [4.78, 5) is 9.46. The number of non-ortho nitro benzene ring substituents is 1. The van der Waals surface area contributed by atoms with Gasteiger partial charge < -0.3 is 9.47 Å². The Balaban J connectivity index is 3.46. The molecule has 0 unspecified atom stereocenters. The molecule has 0 aromatic heterocycles. The molecule has 0 radical (unpaired) electrons. The van der Waals surface area contributed by atoms with Crippen LogP contribution in [0.2, 0.25) is 0 Å².